The molecule has 3 aliphatic rings. The Morgan fingerprint density at radius 1 is 1.31 bits per heavy atom. The normalized spacial score (nSPS) is 22.4. The number of allylic oxidation sites excluding steroid dienone is 3. The average Bonchev–Trinajstić information content (AvgIpc) is 3.61. The highest BCUT2D eigenvalue weighted by Gasteiger charge is 2.45. The number of aliphatic imine (C=N–C) groups is 1. The first-order valence-electron chi connectivity index (χ1n) is 12.5. The summed E-state index contributed by atoms with van der Waals surface area (Å²) in [7, 11) is 1.91. The Morgan fingerprint density at radius 3 is 2.72 bits per heavy atom. The number of likely N-dealkylation sites (tertiary alicyclic amines) is 1. The molecule has 1 saturated heterocycles. The van der Waals surface area contributed by atoms with E-state index < -0.39 is 18.4 Å². The van der Waals surface area contributed by atoms with Gasteiger partial charge in [-0.3, -0.25) is 4.79 Å². The summed E-state index contributed by atoms with van der Waals surface area (Å²) in [5.74, 6) is -1.14. The summed E-state index contributed by atoms with van der Waals surface area (Å²) in [5, 5.41) is 8.76. The summed E-state index contributed by atoms with van der Waals surface area (Å²) < 4.78 is 19.9. The van der Waals surface area contributed by atoms with Crippen molar-refractivity contribution in [2.24, 2.45) is 10.4 Å². The average molecular weight is 496 g/mol. The minimum Gasteiger partial charge on any atom is -0.482 e. The molecule has 1 aromatic carbocycles. The van der Waals surface area contributed by atoms with E-state index in [1.54, 1.807) is 6.08 Å². The third-order valence-corrected chi connectivity index (χ3v) is 7.32. The largest absolute Gasteiger partial charge is 0.482 e. The molecule has 0 bridgehead atoms. The van der Waals surface area contributed by atoms with Crippen LogP contribution >= 0.6 is 0 Å². The second kappa shape index (κ2) is 10.3. The zero-order valence-electron chi connectivity index (χ0n) is 21.2. The van der Waals surface area contributed by atoms with Crippen molar-refractivity contribution >= 4 is 23.2 Å². The molecule has 1 aromatic rings. The van der Waals surface area contributed by atoms with E-state index in [2.05, 4.69) is 20.4 Å². The SMILES string of the molecule is C=C(/C=C1/N=C(C(=O)N2CCCCCC2C)C=C(C2(C)CC2)N1C)c1ccc(OCC(=O)O)cc1F. The Balaban J connectivity index is 1.64. The first-order chi connectivity index (χ1) is 17.1. The van der Waals surface area contributed by atoms with Crippen molar-refractivity contribution in [1.29, 1.82) is 0 Å². The van der Waals surface area contributed by atoms with E-state index >= 15 is 0 Å². The van der Waals surface area contributed by atoms with Crippen LogP contribution in [0, 0.1) is 11.2 Å². The number of rotatable bonds is 7. The highest BCUT2D eigenvalue weighted by molar-refractivity contribution is 6.44. The van der Waals surface area contributed by atoms with Crippen molar-refractivity contribution in [2.75, 3.05) is 20.2 Å². The summed E-state index contributed by atoms with van der Waals surface area (Å²) >= 11 is 0. The molecule has 0 radical (unpaired) electrons. The van der Waals surface area contributed by atoms with Crippen LogP contribution < -0.4 is 4.74 Å². The van der Waals surface area contributed by atoms with E-state index in [-0.39, 0.29) is 28.7 Å². The molecule has 1 amide bonds. The fraction of sp³-hybridized carbons (Fsp3) is 0.464. The van der Waals surface area contributed by atoms with Crippen LogP contribution in [-0.2, 0) is 9.59 Å². The quantitative estimate of drug-likeness (QED) is 0.575. The third-order valence-electron chi connectivity index (χ3n) is 7.32. The number of carboxylic acids is 1. The van der Waals surface area contributed by atoms with Gasteiger partial charge in [0.15, 0.2) is 6.61 Å². The van der Waals surface area contributed by atoms with Crippen molar-refractivity contribution < 1.29 is 23.8 Å². The summed E-state index contributed by atoms with van der Waals surface area (Å²) in [6.07, 6.45) is 9.89. The maximum absolute atomic E-state index is 14.8. The van der Waals surface area contributed by atoms with E-state index in [0.29, 0.717) is 17.1 Å². The Morgan fingerprint density at radius 2 is 2.06 bits per heavy atom. The second-order valence-corrected chi connectivity index (χ2v) is 10.2. The van der Waals surface area contributed by atoms with E-state index in [9.17, 15) is 14.0 Å². The number of carbonyl (C=O) groups is 2. The van der Waals surface area contributed by atoms with Crippen molar-refractivity contribution in [3.63, 3.8) is 0 Å². The molecule has 2 heterocycles. The van der Waals surface area contributed by atoms with Crippen LogP contribution in [0.25, 0.3) is 5.57 Å². The Bertz CT molecular complexity index is 1170. The number of hydrogen-bond donors (Lipinski definition) is 1. The van der Waals surface area contributed by atoms with Crippen molar-refractivity contribution in [1.82, 2.24) is 9.80 Å². The van der Waals surface area contributed by atoms with E-state index in [1.165, 1.54) is 12.1 Å². The molecule has 1 unspecified atom stereocenters. The van der Waals surface area contributed by atoms with Crippen molar-refractivity contribution in [3.05, 3.63) is 59.8 Å². The summed E-state index contributed by atoms with van der Waals surface area (Å²) in [5.41, 5.74) is 2.05. The van der Waals surface area contributed by atoms with Crippen molar-refractivity contribution in [3.8, 4) is 5.75 Å². The molecule has 1 aliphatic carbocycles. The molecule has 36 heavy (non-hydrogen) atoms. The molecule has 4 rings (SSSR count). The Kier molecular flexibility index (Phi) is 7.33. The van der Waals surface area contributed by atoms with Gasteiger partial charge in [0.25, 0.3) is 5.91 Å². The molecular weight excluding hydrogens is 461 g/mol. The molecule has 7 nitrogen and oxygen atoms in total. The van der Waals surface area contributed by atoms with Gasteiger partial charge in [-0.25, -0.2) is 14.2 Å². The molecule has 2 aliphatic heterocycles. The number of carbonyl (C=O) groups excluding carboxylic acids is 1. The van der Waals surface area contributed by atoms with Crippen LogP contribution in [-0.4, -0.2) is 58.7 Å². The number of nitrogens with zero attached hydrogens (tertiary/aromatic N) is 3. The van der Waals surface area contributed by atoms with Crippen LogP contribution in [0.15, 0.2) is 53.4 Å². The summed E-state index contributed by atoms with van der Waals surface area (Å²) in [4.78, 5) is 32.9. The van der Waals surface area contributed by atoms with Crippen LogP contribution in [0.2, 0.25) is 0 Å². The number of aliphatic carboxylic acids is 1. The highest BCUT2D eigenvalue weighted by Crippen LogP contribution is 2.53. The monoisotopic (exact) mass is 495 g/mol. The van der Waals surface area contributed by atoms with Gasteiger partial charge in [0.1, 0.15) is 23.1 Å². The minimum atomic E-state index is -1.14. The highest BCUT2D eigenvalue weighted by atomic mass is 19.1. The summed E-state index contributed by atoms with van der Waals surface area (Å²) in [6.45, 7) is 8.49. The van der Waals surface area contributed by atoms with Crippen LogP contribution in [0.3, 0.4) is 0 Å². The molecule has 1 N–H and O–H groups in total. The van der Waals surface area contributed by atoms with Crippen LogP contribution in [0.5, 0.6) is 5.75 Å². The van der Waals surface area contributed by atoms with E-state index in [0.717, 1.165) is 56.8 Å². The molecule has 8 heteroatoms. The molecule has 1 saturated carbocycles. The lowest BCUT2D eigenvalue weighted by atomic mass is 9.99. The van der Waals surface area contributed by atoms with Gasteiger partial charge in [-0.1, -0.05) is 26.3 Å². The molecule has 2 fully saturated rings. The van der Waals surface area contributed by atoms with Crippen LogP contribution in [0.1, 0.15) is 57.9 Å². The minimum absolute atomic E-state index is 0.0184. The van der Waals surface area contributed by atoms with Crippen LogP contribution in [0.4, 0.5) is 4.39 Å². The Labute approximate surface area is 211 Å². The zero-order valence-corrected chi connectivity index (χ0v) is 21.2. The molecule has 0 aromatic heterocycles. The molecule has 0 spiro atoms. The maximum Gasteiger partial charge on any atom is 0.341 e. The number of halogens is 1. The standard InChI is InChI=1S/C28H34FN3O4/c1-18(21-10-9-20(15-22(21)29)36-17-26(33)34)14-25-30-23(16-24(31(25)4)28(3)11-12-28)27(35)32-13-7-5-6-8-19(32)2/h9-10,14-16,19H,1,5-8,11-13,17H2,2-4H3,(H,33,34)/b25-14-. The molecule has 192 valence electrons. The van der Waals surface area contributed by atoms with Gasteiger partial charge in [-0.05, 0) is 62.5 Å². The first-order valence-corrected chi connectivity index (χ1v) is 12.5. The number of hydrogen-bond acceptors (Lipinski definition) is 5. The lowest BCUT2D eigenvalue weighted by Crippen LogP contribution is -2.43. The zero-order chi connectivity index (χ0) is 26.0. The van der Waals surface area contributed by atoms with Gasteiger partial charge in [-0.15, -0.1) is 0 Å². The third kappa shape index (κ3) is 5.53. The van der Waals surface area contributed by atoms with Gasteiger partial charge in [0.2, 0.25) is 0 Å². The van der Waals surface area contributed by atoms with Gasteiger partial charge in [-0.2, -0.15) is 0 Å². The second-order valence-electron chi connectivity index (χ2n) is 10.2. The van der Waals surface area contributed by atoms with E-state index in [1.807, 2.05) is 22.9 Å². The maximum atomic E-state index is 14.8. The Hall–Kier alpha value is -3.42. The van der Waals surface area contributed by atoms with Gasteiger partial charge < -0.3 is 19.6 Å². The number of benzene rings is 1. The fourth-order valence-corrected chi connectivity index (χ4v) is 4.79. The fourth-order valence-electron chi connectivity index (χ4n) is 4.79. The molecule has 1 atom stereocenters. The van der Waals surface area contributed by atoms with Gasteiger partial charge >= 0.3 is 5.97 Å². The predicted octanol–water partition coefficient (Wildman–Crippen LogP) is 5.01. The summed E-state index contributed by atoms with van der Waals surface area (Å²) in [6, 6.07) is 4.31. The lowest BCUT2D eigenvalue weighted by molar-refractivity contribution is -0.139. The lowest BCUT2D eigenvalue weighted by Gasteiger charge is -2.33. The number of amides is 1. The van der Waals surface area contributed by atoms with Crippen molar-refractivity contribution in [2.45, 2.75) is 58.4 Å². The predicted molar refractivity (Wildman–Crippen MR) is 137 cm³/mol. The van der Waals surface area contributed by atoms with E-state index in [4.69, 9.17) is 14.8 Å². The molecular formula is C28H34FN3O4. The van der Waals surface area contributed by atoms with Gasteiger partial charge in [0, 0.05) is 42.4 Å². The number of carboxylic acid groups (broad SMARTS) is 1. The van der Waals surface area contributed by atoms with Gasteiger partial charge in [0.05, 0.1) is 0 Å². The smallest absolute Gasteiger partial charge is 0.341 e. The topological polar surface area (TPSA) is 82.4 Å². The first kappa shape index (κ1) is 25.7. The number of ether oxygens (including phenoxy) is 1.